The molecule has 0 heterocycles. The number of rotatable bonds is 5. The minimum Gasteiger partial charge on any atom is -0.317 e. The van der Waals surface area contributed by atoms with E-state index in [2.05, 4.69) is 18.5 Å². The van der Waals surface area contributed by atoms with Gasteiger partial charge in [-0.3, -0.25) is 0 Å². The molecule has 0 saturated carbocycles. The van der Waals surface area contributed by atoms with E-state index < -0.39 is 0 Å². The van der Waals surface area contributed by atoms with Gasteiger partial charge in [-0.15, -0.1) is 13.2 Å². The van der Waals surface area contributed by atoms with Gasteiger partial charge in [0.05, 0.1) is 0 Å². The van der Waals surface area contributed by atoms with E-state index in [0.29, 0.717) is 23.8 Å². The van der Waals surface area contributed by atoms with Crippen molar-refractivity contribution >= 4 is 23.3 Å². The maximum atomic E-state index is 12.0. The lowest BCUT2D eigenvalue weighted by Crippen LogP contribution is -2.35. The van der Waals surface area contributed by atoms with E-state index in [-0.39, 0.29) is 6.03 Å². The van der Waals surface area contributed by atoms with Gasteiger partial charge in [0, 0.05) is 23.8 Å². The second-order valence-electron chi connectivity index (χ2n) is 3.87. The first kappa shape index (κ1) is 14.3. The zero-order valence-electron chi connectivity index (χ0n) is 10.4. The largest absolute Gasteiger partial charge is 0.322 e. The average molecular weight is 265 g/mol. The molecule has 18 heavy (non-hydrogen) atoms. The molecule has 1 aromatic carbocycles. The van der Waals surface area contributed by atoms with Crippen molar-refractivity contribution in [2.45, 2.75) is 6.92 Å². The summed E-state index contributed by atoms with van der Waals surface area (Å²) in [5.41, 5.74) is 1.68. The lowest BCUT2D eigenvalue weighted by Gasteiger charge is -2.20. The summed E-state index contributed by atoms with van der Waals surface area (Å²) in [6.45, 7) is 10.1. The molecule has 0 aliphatic rings. The number of halogens is 1. The number of carbonyl (C=O) groups is 1. The van der Waals surface area contributed by atoms with Gasteiger partial charge in [0.1, 0.15) is 0 Å². The van der Waals surface area contributed by atoms with Crippen LogP contribution >= 0.6 is 11.6 Å². The van der Waals surface area contributed by atoms with Crippen LogP contribution in [-0.2, 0) is 0 Å². The minimum atomic E-state index is -0.194. The Hall–Kier alpha value is -1.74. The number of aryl methyl sites for hydroxylation is 1. The molecular weight excluding hydrogens is 248 g/mol. The van der Waals surface area contributed by atoms with E-state index in [1.165, 1.54) is 0 Å². The zero-order chi connectivity index (χ0) is 13.5. The van der Waals surface area contributed by atoms with Gasteiger partial charge in [-0.05, 0) is 24.6 Å². The number of hydrogen-bond acceptors (Lipinski definition) is 1. The topological polar surface area (TPSA) is 32.3 Å². The molecule has 0 fully saturated rings. The number of benzene rings is 1. The summed E-state index contributed by atoms with van der Waals surface area (Å²) in [6.07, 6.45) is 3.35. The normalized spacial score (nSPS) is 9.67. The fraction of sp³-hybridized carbons (Fsp3) is 0.214. The molecule has 0 atom stereocenters. The third-order valence-corrected chi connectivity index (χ3v) is 2.66. The molecule has 0 spiro atoms. The van der Waals surface area contributed by atoms with E-state index in [4.69, 9.17) is 11.6 Å². The van der Waals surface area contributed by atoms with Crippen molar-refractivity contribution in [3.8, 4) is 0 Å². The van der Waals surface area contributed by atoms with E-state index in [1.54, 1.807) is 29.2 Å². The van der Waals surface area contributed by atoms with E-state index >= 15 is 0 Å². The molecule has 96 valence electrons. The predicted molar refractivity (Wildman–Crippen MR) is 77.2 cm³/mol. The van der Waals surface area contributed by atoms with Gasteiger partial charge in [-0.1, -0.05) is 29.8 Å². The van der Waals surface area contributed by atoms with Crippen LogP contribution < -0.4 is 5.32 Å². The van der Waals surface area contributed by atoms with Crippen LogP contribution in [0, 0.1) is 6.92 Å². The SMILES string of the molecule is C=CCN(CC=C)C(=O)Nc1cc(Cl)ccc1C. The van der Waals surface area contributed by atoms with Crippen molar-refractivity contribution in [2.75, 3.05) is 18.4 Å². The summed E-state index contributed by atoms with van der Waals surface area (Å²) in [4.78, 5) is 13.6. The first-order valence-corrected chi connectivity index (χ1v) is 6.00. The Morgan fingerprint density at radius 3 is 2.56 bits per heavy atom. The van der Waals surface area contributed by atoms with Crippen molar-refractivity contribution in [1.29, 1.82) is 0 Å². The molecule has 0 aliphatic carbocycles. The molecule has 0 bridgehead atoms. The highest BCUT2D eigenvalue weighted by molar-refractivity contribution is 6.31. The second-order valence-corrected chi connectivity index (χ2v) is 4.31. The summed E-state index contributed by atoms with van der Waals surface area (Å²) in [6, 6.07) is 5.19. The quantitative estimate of drug-likeness (QED) is 0.805. The lowest BCUT2D eigenvalue weighted by molar-refractivity contribution is 0.222. The molecule has 4 heteroatoms. The smallest absolute Gasteiger partial charge is 0.317 e. The van der Waals surface area contributed by atoms with Crippen molar-refractivity contribution in [1.82, 2.24) is 4.90 Å². The Morgan fingerprint density at radius 2 is 2.00 bits per heavy atom. The number of carbonyl (C=O) groups excluding carboxylic acids is 1. The van der Waals surface area contributed by atoms with Crippen LogP contribution in [-0.4, -0.2) is 24.0 Å². The van der Waals surface area contributed by atoms with E-state index in [9.17, 15) is 4.79 Å². The van der Waals surface area contributed by atoms with Crippen LogP contribution in [0.5, 0.6) is 0 Å². The molecule has 1 rings (SSSR count). The monoisotopic (exact) mass is 264 g/mol. The van der Waals surface area contributed by atoms with Crippen LogP contribution in [0.4, 0.5) is 10.5 Å². The Morgan fingerprint density at radius 1 is 1.39 bits per heavy atom. The summed E-state index contributed by atoms with van der Waals surface area (Å²) in [7, 11) is 0. The Kier molecular flexibility index (Phi) is 5.46. The van der Waals surface area contributed by atoms with Crippen molar-refractivity contribution in [3.05, 3.63) is 54.1 Å². The fourth-order valence-corrected chi connectivity index (χ4v) is 1.65. The number of amides is 2. The van der Waals surface area contributed by atoms with Crippen molar-refractivity contribution in [3.63, 3.8) is 0 Å². The Balaban J connectivity index is 2.81. The molecule has 0 radical (unpaired) electrons. The predicted octanol–water partition coefficient (Wildman–Crippen LogP) is 3.85. The first-order chi connectivity index (χ1) is 8.58. The third-order valence-electron chi connectivity index (χ3n) is 2.43. The summed E-state index contributed by atoms with van der Waals surface area (Å²) >= 11 is 5.90. The van der Waals surface area contributed by atoms with Crippen molar-refractivity contribution < 1.29 is 4.79 Å². The molecule has 1 aromatic rings. The van der Waals surface area contributed by atoms with Gasteiger partial charge in [-0.25, -0.2) is 4.79 Å². The zero-order valence-corrected chi connectivity index (χ0v) is 11.2. The maximum absolute atomic E-state index is 12.0. The van der Waals surface area contributed by atoms with Crippen LogP contribution in [0.3, 0.4) is 0 Å². The highest BCUT2D eigenvalue weighted by atomic mass is 35.5. The Labute approximate surface area is 113 Å². The highest BCUT2D eigenvalue weighted by Crippen LogP contribution is 2.20. The number of nitrogens with one attached hydrogen (secondary N) is 1. The van der Waals surface area contributed by atoms with Crippen LogP contribution in [0.25, 0.3) is 0 Å². The standard InChI is InChI=1S/C14H17ClN2O/c1-4-8-17(9-5-2)14(18)16-13-10-12(15)7-6-11(13)3/h4-7,10H,1-2,8-9H2,3H3,(H,16,18). The van der Waals surface area contributed by atoms with E-state index in [1.807, 2.05) is 13.0 Å². The number of anilines is 1. The average Bonchev–Trinajstić information content (AvgIpc) is 2.33. The van der Waals surface area contributed by atoms with Crippen molar-refractivity contribution in [2.24, 2.45) is 0 Å². The summed E-state index contributed by atoms with van der Waals surface area (Å²) in [5, 5.41) is 3.42. The van der Waals surface area contributed by atoms with Gasteiger partial charge >= 0.3 is 6.03 Å². The van der Waals surface area contributed by atoms with Crippen LogP contribution in [0.1, 0.15) is 5.56 Å². The van der Waals surface area contributed by atoms with E-state index in [0.717, 1.165) is 5.56 Å². The van der Waals surface area contributed by atoms with Crippen LogP contribution in [0.15, 0.2) is 43.5 Å². The first-order valence-electron chi connectivity index (χ1n) is 5.62. The molecule has 0 aromatic heterocycles. The highest BCUT2D eigenvalue weighted by Gasteiger charge is 2.11. The number of nitrogens with zero attached hydrogens (tertiary/aromatic N) is 1. The van der Waals surface area contributed by atoms with Gasteiger partial charge in [0.15, 0.2) is 0 Å². The Bertz CT molecular complexity index is 447. The summed E-state index contributed by atoms with van der Waals surface area (Å²) < 4.78 is 0. The van der Waals surface area contributed by atoms with Gasteiger partial charge < -0.3 is 10.2 Å². The number of hydrogen-bond donors (Lipinski definition) is 1. The fourth-order valence-electron chi connectivity index (χ4n) is 1.48. The minimum absolute atomic E-state index is 0.194. The number of urea groups is 1. The van der Waals surface area contributed by atoms with Gasteiger partial charge in [-0.2, -0.15) is 0 Å². The molecule has 0 saturated heterocycles. The molecule has 2 amide bonds. The van der Waals surface area contributed by atoms with Gasteiger partial charge in [0.25, 0.3) is 0 Å². The van der Waals surface area contributed by atoms with Gasteiger partial charge in [0.2, 0.25) is 0 Å². The molecule has 1 N–H and O–H groups in total. The molecule has 3 nitrogen and oxygen atoms in total. The second kappa shape index (κ2) is 6.87. The summed E-state index contributed by atoms with van der Waals surface area (Å²) in [5.74, 6) is 0. The third kappa shape index (κ3) is 3.93. The molecule has 0 aliphatic heterocycles. The van der Waals surface area contributed by atoms with Crippen LogP contribution in [0.2, 0.25) is 5.02 Å². The lowest BCUT2D eigenvalue weighted by atomic mass is 10.2. The molecular formula is C14H17ClN2O. The maximum Gasteiger partial charge on any atom is 0.322 e. The molecule has 0 unspecified atom stereocenters.